The van der Waals surface area contributed by atoms with E-state index in [1.54, 1.807) is 24.3 Å². The van der Waals surface area contributed by atoms with Crippen LogP contribution in [0.5, 0.6) is 0 Å². The maximum atomic E-state index is 14.7. The smallest absolute Gasteiger partial charge is 0.238 e. The van der Waals surface area contributed by atoms with Crippen molar-refractivity contribution in [2.75, 3.05) is 0 Å². The molecule has 0 aromatic heterocycles. The highest BCUT2D eigenvalue weighted by Crippen LogP contribution is 2.59. The molecule has 2 N–H and O–H groups in total. The first-order valence-electron chi connectivity index (χ1n) is 10.4. The topological polar surface area (TPSA) is 105 Å². The van der Waals surface area contributed by atoms with E-state index in [1.807, 2.05) is 0 Å². The summed E-state index contributed by atoms with van der Waals surface area (Å²) < 4.78 is 36.7. The number of carbonyl (C=O) groups is 1. The Balaban J connectivity index is 1.25. The lowest BCUT2D eigenvalue weighted by Crippen LogP contribution is -2.51. The third-order valence-corrected chi connectivity index (χ3v) is 7.57. The van der Waals surface area contributed by atoms with E-state index in [1.165, 1.54) is 24.6 Å². The van der Waals surface area contributed by atoms with Gasteiger partial charge in [-0.15, -0.1) is 0 Å². The molecule has 2 aromatic rings. The summed E-state index contributed by atoms with van der Waals surface area (Å²) >= 11 is -2.31. The van der Waals surface area contributed by atoms with Crippen molar-refractivity contribution in [3.63, 3.8) is 0 Å². The van der Waals surface area contributed by atoms with Crippen molar-refractivity contribution < 1.29 is 17.9 Å². The quantitative estimate of drug-likeness (QED) is 0.674. The molecule has 3 aliphatic rings. The summed E-state index contributed by atoms with van der Waals surface area (Å²) in [5.74, 6) is 1.10. The lowest BCUT2D eigenvalue weighted by atomic mass is 9.96. The summed E-state index contributed by atoms with van der Waals surface area (Å²) in [5.41, 5.74) is 1.63. The zero-order valence-electron chi connectivity index (χ0n) is 16.6. The average molecular weight is 439 g/mol. The zero-order chi connectivity index (χ0) is 21.7. The lowest BCUT2D eigenvalue weighted by molar-refractivity contribution is -0.124. The number of benzene rings is 2. The maximum absolute atomic E-state index is 14.7. The minimum atomic E-state index is -2.31. The first-order chi connectivity index (χ1) is 14.9. The molecule has 8 heteroatoms. The maximum Gasteiger partial charge on any atom is 0.238 e. The molecule has 1 saturated heterocycles. The van der Waals surface area contributed by atoms with Gasteiger partial charge in [-0.3, -0.25) is 9.00 Å². The number of nitrogens with zero attached hydrogens (tertiary/aromatic N) is 1. The molecular formula is C23H21FN3O3S-. The summed E-state index contributed by atoms with van der Waals surface area (Å²) in [7, 11) is 0. The van der Waals surface area contributed by atoms with Crippen LogP contribution in [0.4, 0.5) is 4.39 Å². The molecule has 1 unspecified atom stereocenters. The van der Waals surface area contributed by atoms with Crippen molar-refractivity contribution in [2.45, 2.75) is 42.3 Å². The fourth-order valence-electron chi connectivity index (χ4n) is 5.29. The third-order valence-electron chi connectivity index (χ3n) is 6.92. The monoisotopic (exact) mass is 438 g/mol. The second kappa shape index (κ2) is 7.83. The van der Waals surface area contributed by atoms with E-state index in [0.717, 1.165) is 12.3 Å². The standard InChI is InChI=1S/C23H22FN3O3S/c24-20-8-13(12-3-5-16(6-4-12)31(29)30)1-2-14(20)7-15(11-25)26-23(28)22-19-10-21(27-22)18-9-17(18)19/h1-6,8,15,17-19,21-22,27H,7,9-10H2,(H,26,28)(H,29,30)/p-1/t15-,17+,18-,19+,21-,22-/m0/s1. The van der Waals surface area contributed by atoms with Crippen LogP contribution in [0.15, 0.2) is 47.4 Å². The van der Waals surface area contributed by atoms with Crippen LogP contribution >= 0.6 is 0 Å². The van der Waals surface area contributed by atoms with Crippen LogP contribution in [-0.4, -0.2) is 32.8 Å². The molecule has 6 nitrogen and oxygen atoms in total. The predicted molar refractivity (Wildman–Crippen MR) is 111 cm³/mol. The van der Waals surface area contributed by atoms with Gasteiger partial charge in [-0.25, -0.2) is 4.39 Å². The van der Waals surface area contributed by atoms with Gasteiger partial charge in [0.1, 0.15) is 11.9 Å². The molecule has 3 fully saturated rings. The van der Waals surface area contributed by atoms with E-state index in [9.17, 15) is 23.2 Å². The van der Waals surface area contributed by atoms with Crippen LogP contribution in [-0.2, 0) is 22.3 Å². The van der Waals surface area contributed by atoms with Gasteiger partial charge in [-0.1, -0.05) is 24.3 Å². The molecule has 0 spiro atoms. The van der Waals surface area contributed by atoms with Gasteiger partial charge in [0.2, 0.25) is 5.91 Å². The van der Waals surface area contributed by atoms with Crippen LogP contribution in [0.3, 0.4) is 0 Å². The van der Waals surface area contributed by atoms with Gasteiger partial charge in [-0.2, -0.15) is 5.26 Å². The number of carbonyl (C=O) groups excluding carboxylic acids is 1. The van der Waals surface area contributed by atoms with Gasteiger partial charge in [0.25, 0.3) is 0 Å². The number of nitriles is 1. The second-order valence-electron chi connectivity index (χ2n) is 8.67. The Morgan fingerprint density at radius 2 is 1.94 bits per heavy atom. The first kappa shape index (κ1) is 20.3. The SMILES string of the molecule is N#C[C@H](Cc1ccc(-c2ccc(S(=O)[O-])cc2)cc1F)NC(=O)[C@H]1N[C@H]2C[C@@H]1[C@@H]1C[C@@H]12. The lowest BCUT2D eigenvalue weighted by Gasteiger charge is -2.23. The molecule has 0 radical (unpaired) electrons. The van der Waals surface area contributed by atoms with Gasteiger partial charge < -0.3 is 15.2 Å². The van der Waals surface area contributed by atoms with Gasteiger partial charge in [0.15, 0.2) is 0 Å². The Kier molecular flexibility index (Phi) is 5.13. The molecule has 1 heterocycles. The summed E-state index contributed by atoms with van der Waals surface area (Å²) in [4.78, 5) is 12.9. The molecule has 31 heavy (non-hydrogen) atoms. The van der Waals surface area contributed by atoms with Crippen molar-refractivity contribution >= 4 is 17.0 Å². The van der Waals surface area contributed by atoms with E-state index < -0.39 is 22.9 Å². The predicted octanol–water partition coefficient (Wildman–Crippen LogP) is 2.28. The summed E-state index contributed by atoms with van der Waals surface area (Å²) in [6.07, 6.45) is 2.31. The fraction of sp³-hybridized carbons (Fsp3) is 0.391. The van der Waals surface area contributed by atoms with E-state index in [4.69, 9.17) is 0 Å². The number of halogens is 1. The third kappa shape index (κ3) is 3.78. The second-order valence-corrected chi connectivity index (χ2v) is 9.61. The van der Waals surface area contributed by atoms with Crippen LogP contribution in [0.25, 0.3) is 11.1 Å². The number of hydrogen-bond acceptors (Lipinski definition) is 5. The molecule has 1 aliphatic heterocycles. The Morgan fingerprint density at radius 3 is 2.55 bits per heavy atom. The molecular weight excluding hydrogens is 417 g/mol. The molecule has 2 aliphatic carbocycles. The fourth-order valence-corrected chi connectivity index (χ4v) is 5.65. The van der Waals surface area contributed by atoms with E-state index in [-0.39, 0.29) is 23.3 Å². The van der Waals surface area contributed by atoms with Crippen molar-refractivity contribution in [1.82, 2.24) is 10.6 Å². The summed E-state index contributed by atoms with van der Waals surface area (Å²) in [6, 6.07) is 12.3. The minimum absolute atomic E-state index is 0.0787. The Bertz CT molecular complexity index is 1100. The van der Waals surface area contributed by atoms with Crippen molar-refractivity contribution in [1.29, 1.82) is 5.26 Å². The number of rotatable bonds is 6. The van der Waals surface area contributed by atoms with E-state index in [2.05, 4.69) is 16.7 Å². The highest BCUT2D eigenvalue weighted by Gasteiger charge is 2.62. The molecule has 1 amide bonds. The summed E-state index contributed by atoms with van der Waals surface area (Å²) in [5, 5.41) is 15.7. The molecule has 2 bridgehead atoms. The Hall–Kier alpha value is -2.60. The van der Waals surface area contributed by atoms with Crippen molar-refractivity contribution in [3.05, 3.63) is 53.8 Å². The average Bonchev–Trinajstić information content (AvgIpc) is 3.37. The molecule has 160 valence electrons. The Morgan fingerprint density at radius 1 is 1.19 bits per heavy atom. The molecule has 2 aromatic carbocycles. The molecule has 2 saturated carbocycles. The van der Waals surface area contributed by atoms with Gasteiger partial charge >= 0.3 is 0 Å². The Labute approximate surface area is 182 Å². The number of piperidine rings is 1. The highest BCUT2D eigenvalue weighted by atomic mass is 32.2. The largest absolute Gasteiger partial charge is 0.768 e. The zero-order valence-corrected chi connectivity index (χ0v) is 17.4. The van der Waals surface area contributed by atoms with E-state index >= 15 is 0 Å². The van der Waals surface area contributed by atoms with Crippen LogP contribution in [0.2, 0.25) is 0 Å². The number of nitrogens with one attached hydrogen (secondary N) is 2. The highest BCUT2D eigenvalue weighted by molar-refractivity contribution is 7.79. The molecule has 7 atom stereocenters. The normalized spacial score (nSPS) is 29.6. The van der Waals surface area contributed by atoms with Crippen molar-refractivity contribution in [2.24, 2.45) is 17.8 Å². The van der Waals surface area contributed by atoms with Crippen molar-refractivity contribution in [3.8, 4) is 17.2 Å². The van der Waals surface area contributed by atoms with Gasteiger partial charge in [0.05, 0.1) is 12.1 Å². The molecule has 5 rings (SSSR count). The minimum Gasteiger partial charge on any atom is -0.768 e. The van der Waals surface area contributed by atoms with Gasteiger partial charge in [0, 0.05) is 17.4 Å². The van der Waals surface area contributed by atoms with E-state index in [0.29, 0.717) is 34.6 Å². The van der Waals surface area contributed by atoms with Gasteiger partial charge in [-0.05, 0) is 76.6 Å². The van der Waals surface area contributed by atoms with Crippen LogP contribution in [0, 0.1) is 34.9 Å². The van der Waals surface area contributed by atoms with Crippen LogP contribution < -0.4 is 10.6 Å². The number of fused-ring (bicyclic) bond motifs is 5. The first-order valence-corrected chi connectivity index (χ1v) is 11.5. The van der Waals surface area contributed by atoms with Crippen LogP contribution in [0.1, 0.15) is 18.4 Å². The summed E-state index contributed by atoms with van der Waals surface area (Å²) in [6.45, 7) is 0. The number of hydrogen-bond donors (Lipinski definition) is 2. The number of amides is 1.